The van der Waals surface area contributed by atoms with Gasteiger partial charge in [-0.15, -0.1) is 0 Å². The molecule has 2 aromatic rings. The van der Waals surface area contributed by atoms with Crippen molar-refractivity contribution < 1.29 is 5.11 Å². The number of fused-ring (bicyclic) bond motifs is 1. The second-order valence-electron chi connectivity index (χ2n) is 3.05. The van der Waals surface area contributed by atoms with E-state index in [1.807, 2.05) is 12.1 Å². The molecule has 0 aliphatic heterocycles. The van der Waals surface area contributed by atoms with Crippen molar-refractivity contribution in [2.24, 2.45) is 5.73 Å². The van der Waals surface area contributed by atoms with E-state index in [4.69, 9.17) is 5.73 Å². The first-order chi connectivity index (χ1) is 6.72. The maximum Gasteiger partial charge on any atom is 0.102 e. The number of aromatic nitrogens is 2. The van der Waals surface area contributed by atoms with Crippen LogP contribution in [0, 0.1) is 0 Å². The molecule has 0 saturated heterocycles. The van der Waals surface area contributed by atoms with Gasteiger partial charge in [0.15, 0.2) is 0 Å². The van der Waals surface area contributed by atoms with Gasteiger partial charge in [0, 0.05) is 11.0 Å². The SMILES string of the molecule is NCC(O)c1cc(Br)c2nc[nH]c2c1. The number of nitrogens with zero attached hydrogens (tertiary/aromatic N) is 1. The van der Waals surface area contributed by atoms with Gasteiger partial charge in [0.1, 0.15) is 5.52 Å². The number of benzene rings is 1. The molecular formula is C9H10BrN3O. The zero-order chi connectivity index (χ0) is 10.1. The van der Waals surface area contributed by atoms with Crippen molar-refractivity contribution in [3.05, 3.63) is 28.5 Å². The van der Waals surface area contributed by atoms with Gasteiger partial charge in [-0.3, -0.25) is 0 Å². The van der Waals surface area contributed by atoms with Gasteiger partial charge in [0.05, 0.1) is 17.9 Å². The third-order valence-electron chi connectivity index (χ3n) is 2.11. The van der Waals surface area contributed by atoms with E-state index in [1.165, 1.54) is 0 Å². The molecule has 2 rings (SSSR count). The van der Waals surface area contributed by atoms with Crippen LogP contribution >= 0.6 is 15.9 Å². The Hall–Kier alpha value is -0.910. The fourth-order valence-corrected chi connectivity index (χ4v) is 1.94. The van der Waals surface area contributed by atoms with Crippen LogP contribution in [0.3, 0.4) is 0 Å². The predicted molar refractivity (Wildman–Crippen MR) is 57.8 cm³/mol. The molecule has 0 aliphatic rings. The molecule has 4 N–H and O–H groups in total. The molecule has 74 valence electrons. The summed E-state index contributed by atoms with van der Waals surface area (Å²) < 4.78 is 0.860. The van der Waals surface area contributed by atoms with E-state index in [9.17, 15) is 5.11 Å². The second-order valence-corrected chi connectivity index (χ2v) is 3.91. The average Bonchev–Trinajstić information content (AvgIpc) is 2.64. The molecule has 1 aromatic heterocycles. The molecule has 1 heterocycles. The molecule has 1 atom stereocenters. The number of aliphatic hydroxyl groups excluding tert-OH is 1. The van der Waals surface area contributed by atoms with Crippen LogP contribution in [0.5, 0.6) is 0 Å². The number of rotatable bonds is 2. The third kappa shape index (κ3) is 1.54. The number of aliphatic hydroxyl groups is 1. The molecule has 0 saturated carbocycles. The molecule has 0 aliphatic carbocycles. The Morgan fingerprint density at radius 3 is 3.07 bits per heavy atom. The highest BCUT2D eigenvalue weighted by molar-refractivity contribution is 9.10. The Morgan fingerprint density at radius 1 is 1.57 bits per heavy atom. The lowest BCUT2D eigenvalue weighted by Gasteiger charge is -2.08. The Morgan fingerprint density at radius 2 is 2.36 bits per heavy atom. The highest BCUT2D eigenvalue weighted by Crippen LogP contribution is 2.25. The van der Waals surface area contributed by atoms with Crippen molar-refractivity contribution in [2.75, 3.05) is 6.54 Å². The minimum absolute atomic E-state index is 0.214. The van der Waals surface area contributed by atoms with Crippen LogP contribution in [-0.4, -0.2) is 21.6 Å². The predicted octanol–water partition coefficient (Wildman–Crippen LogP) is 1.32. The molecule has 0 fully saturated rings. The number of imidazole rings is 1. The van der Waals surface area contributed by atoms with E-state index in [0.29, 0.717) is 0 Å². The smallest absolute Gasteiger partial charge is 0.102 e. The molecule has 1 unspecified atom stereocenters. The minimum Gasteiger partial charge on any atom is -0.387 e. The van der Waals surface area contributed by atoms with E-state index in [0.717, 1.165) is 21.1 Å². The van der Waals surface area contributed by atoms with E-state index in [1.54, 1.807) is 6.33 Å². The molecule has 0 radical (unpaired) electrons. The highest BCUT2D eigenvalue weighted by atomic mass is 79.9. The maximum absolute atomic E-state index is 9.57. The first-order valence-electron chi connectivity index (χ1n) is 4.23. The van der Waals surface area contributed by atoms with Crippen LogP contribution in [0.1, 0.15) is 11.7 Å². The minimum atomic E-state index is -0.626. The summed E-state index contributed by atoms with van der Waals surface area (Å²) in [5.74, 6) is 0. The van der Waals surface area contributed by atoms with Crippen molar-refractivity contribution in [2.45, 2.75) is 6.10 Å². The Balaban J connectivity index is 2.58. The zero-order valence-corrected chi connectivity index (χ0v) is 8.95. The number of nitrogens with two attached hydrogens (primary N) is 1. The molecule has 5 heteroatoms. The van der Waals surface area contributed by atoms with Crippen molar-refractivity contribution in [1.82, 2.24) is 9.97 Å². The Labute approximate surface area is 89.3 Å². The summed E-state index contributed by atoms with van der Waals surface area (Å²) in [6.45, 7) is 0.214. The van der Waals surface area contributed by atoms with Crippen LogP contribution in [0.2, 0.25) is 0 Å². The summed E-state index contributed by atoms with van der Waals surface area (Å²) in [5, 5.41) is 9.57. The lowest BCUT2D eigenvalue weighted by atomic mass is 10.1. The first-order valence-corrected chi connectivity index (χ1v) is 5.02. The fraction of sp³-hybridized carbons (Fsp3) is 0.222. The van der Waals surface area contributed by atoms with Gasteiger partial charge in [0.25, 0.3) is 0 Å². The summed E-state index contributed by atoms with van der Waals surface area (Å²) in [7, 11) is 0. The van der Waals surface area contributed by atoms with E-state index in [2.05, 4.69) is 25.9 Å². The van der Waals surface area contributed by atoms with Crippen LogP contribution in [0.4, 0.5) is 0 Å². The summed E-state index contributed by atoms with van der Waals surface area (Å²) in [5.41, 5.74) is 7.92. The number of nitrogens with one attached hydrogen (secondary N) is 1. The van der Waals surface area contributed by atoms with Crippen molar-refractivity contribution in [3.63, 3.8) is 0 Å². The second kappa shape index (κ2) is 3.68. The average molecular weight is 256 g/mol. The van der Waals surface area contributed by atoms with E-state index in [-0.39, 0.29) is 6.54 Å². The van der Waals surface area contributed by atoms with E-state index >= 15 is 0 Å². The summed E-state index contributed by atoms with van der Waals surface area (Å²) >= 11 is 3.39. The molecule has 0 spiro atoms. The maximum atomic E-state index is 9.57. The quantitative estimate of drug-likeness (QED) is 0.758. The van der Waals surface area contributed by atoms with Gasteiger partial charge in [-0.25, -0.2) is 4.98 Å². The van der Waals surface area contributed by atoms with Gasteiger partial charge in [-0.1, -0.05) is 0 Å². The number of hydrogen-bond donors (Lipinski definition) is 3. The van der Waals surface area contributed by atoms with Gasteiger partial charge in [-0.2, -0.15) is 0 Å². The zero-order valence-electron chi connectivity index (χ0n) is 7.37. The van der Waals surface area contributed by atoms with Crippen LogP contribution in [-0.2, 0) is 0 Å². The Kier molecular flexibility index (Phi) is 2.54. The number of hydrogen-bond acceptors (Lipinski definition) is 3. The largest absolute Gasteiger partial charge is 0.387 e. The molecule has 1 aromatic carbocycles. The van der Waals surface area contributed by atoms with Crippen LogP contribution < -0.4 is 5.73 Å². The molecule has 14 heavy (non-hydrogen) atoms. The topological polar surface area (TPSA) is 74.9 Å². The van der Waals surface area contributed by atoms with Crippen molar-refractivity contribution >= 4 is 27.0 Å². The van der Waals surface area contributed by atoms with Gasteiger partial charge in [-0.05, 0) is 33.6 Å². The standard InChI is InChI=1S/C9H10BrN3O/c10-6-1-5(8(14)3-11)2-7-9(6)13-4-12-7/h1-2,4,8,14H,3,11H2,(H,12,13). The fourth-order valence-electron chi connectivity index (χ4n) is 1.36. The third-order valence-corrected chi connectivity index (χ3v) is 2.71. The lowest BCUT2D eigenvalue weighted by Crippen LogP contribution is -2.11. The van der Waals surface area contributed by atoms with Crippen molar-refractivity contribution in [3.8, 4) is 0 Å². The summed E-state index contributed by atoms with van der Waals surface area (Å²) in [4.78, 5) is 7.12. The van der Waals surface area contributed by atoms with Gasteiger partial charge < -0.3 is 15.8 Å². The highest BCUT2D eigenvalue weighted by Gasteiger charge is 2.09. The number of halogens is 1. The normalized spacial score (nSPS) is 13.4. The first kappa shape index (κ1) is 9.64. The monoisotopic (exact) mass is 255 g/mol. The lowest BCUT2D eigenvalue weighted by molar-refractivity contribution is 0.187. The van der Waals surface area contributed by atoms with E-state index < -0.39 is 6.10 Å². The van der Waals surface area contributed by atoms with Crippen LogP contribution in [0.25, 0.3) is 11.0 Å². The summed E-state index contributed by atoms with van der Waals surface area (Å²) in [6, 6.07) is 3.69. The molecule has 4 nitrogen and oxygen atoms in total. The number of aromatic amines is 1. The van der Waals surface area contributed by atoms with Gasteiger partial charge >= 0.3 is 0 Å². The Bertz CT molecular complexity index is 454. The van der Waals surface area contributed by atoms with Gasteiger partial charge in [0.2, 0.25) is 0 Å². The molecular weight excluding hydrogens is 246 g/mol. The summed E-state index contributed by atoms with van der Waals surface area (Å²) in [6.07, 6.45) is 0.993. The van der Waals surface area contributed by atoms with Crippen molar-refractivity contribution in [1.29, 1.82) is 0 Å². The number of H-pyrrole nitrogens is 1. The molecule has 0 amide bonds. The molecule has 0 bridgehead atoms. The van der Waals surface area contributed by atoms with Crippen LogP contribution in [0.15, 0.2) is 22.9 Å².